The van der Waals surface area contributed by atoms with Gasteiger partial charge in [0.1, 0.15) is 36.6 Å². The van der Waals surface area contributed by atoms with E-state index in [4.69, 9.17) is 28.8 Å². The van der Waals surface area contributed by atoms with E-state index in [1.54, 1.807) is 57.2 Å². The van der Waals surface area contributed by atoms with Gasteiger partial charge >= 0.3 is 11.9 Å². The van der Waals surface area contributed by atoms with Crippen molar-refractivity contribution in [3.8, 4) is 0 Å². The number of carbonyl (C=O) groups excluding carboxylic acids is 4. The summed E-state index contributed by atoms with van der Waals surface area (Å²) in [6, 6.07) is 24.1. The first kappa shape index (κ1) is 42.3. The van der Waals surface area contributed by atoms with Crippen LogP contribution in [0.5, 0.6) is 0 Å². The molecule has 0 saturated carbocycles. The highest BCUT2D eigenvalue weighted by Gasteiger charge is 2.55. The number of aliphatic hydroxyl groups excluding tert-OH is 2. The number of esters is 2. The van der Waals surface area contributed by atoms with Gasteiger partial charge in [0.2, 0.25) is 17.6 Å². The lowest BCUT2D eigenvalue weighted by Crippen LogP contribution is -2.51. The molecular weight excluding hydrogens is 744 g/mol. The zero-order chi connectivity index (χ0) is 41.3. The molecule has 13 nitrogen and oxygen atoms in total. The van der Waals surface area contributed by atoms with Gasteiger partial charge < -0.3 is 44.1 Å². The predicted molar refractivity (Wildman–Crippen MR) is 213 cm³/mol. The summed E-state index contributed by atoms with van der Waals surface area (Å²) < 4.78 is 30.7. The second kappa shape index (κ2) is 18.9. The number of amides is 2. The lowest BCUT2D eigenvalue weighted by atomic mass is 9.91. The van der Waals surface area contributed by atoms with Crippen molar-refractivity contribution < 1.29 is 53.1 Å². The van der Waals surface area contributed by atoms with Crippen LogP contribution in [0.25, 0.3) is 6.08 Å². The molecule has 5 atom stereocenters. The van der Waals surface area contributed by atoms with Crippen molar-refractivity contribution >= 4 is 29.8 Å². The van der Waals surface area contributed by atoms with Crippen LogP contribution in [0.2, 0.25) is 0 Å². The molecule has 0 radical (unpaired) electrons. The lowest BCUT2D eigenvalue weighted by Gasteiger charge is -2.33. The van der Waals surface area contributed by atoms with Crippen molar-refractivity contribution in [3.05, 3.63) is 125 Å². The van der Waals surface area contributed by atoms with Crippen LogP contribution in [-0.2, 0) is 43.9 Å². The zero-order valence-corrected chi connectivity index (χ0v) is 33.1. The Morgan fingerprint density at radius 3 is 2.28 bits per heavy atom. The number of aliphatic hydroxyl groups is 2. The van der Waals surface area contributed by atoms with E-state index in [-0.39, 0.29) is 38.0 Å². The van der Waals surface area contributed by atoms with Gasteiger partial charge in [-0.05, 0) is 63.8 Å². The number of nitrogens with one attached hydrogen (secondary N) is 1. The third-order valence-corrected chi connectivity index (χ3v) is 10.2. The second-order valence-corrected chi connectivity index (χ2v) is 15.5. The number of hydrogen-bond acceptors (Lipinski definition) is 11. The Morgan fingerprint density at radius 2 is 1.62 bits per heavy atom. The summed E-state index contributed by atoms with van der Waals surface area (Å²) in [5.74, 6) is -3.34. The van der Waals surface area contributed by atoms with Crippen LogP contribution in [0.1, 0.15) is 79.9 Å². The third-order valence-electron chi connectivity index (χ3n) is 10.2. The van der Waals surface area contributed by atoms with Gasteiger partial charge in [-0.1, -0.05) is 78.9 Å². The van der Waals surface area contributed by atoms with Gasteiger partial charge in [-0.3, -0.25) is 14.4 Å². The Hall–Kier alpha value is -5.34. The monoisotopic (exact) mass is 796 g/mol. The number of hydrogen-bond donors (Lipinski definition) is 3. The van der Waals surface area contributed by atoms with Crippen LogP contribution < -0.4 is 5.32 Å². The van der Waals surface area contributed by atoms with E-state index in [1.807, 2.05) is 60.7 Å². The largest absolute Gasteiger partial charge is 0.499 e. The minimum absolute atomic E-state index is 0.000578. The number of rotatable bonds is 15. The molecule has 6 rings (SSSR count). The van der Waals surface area contributed by atoms with Crippen molar-refractivity contribution in [3.63, 3.8) is 0 Å². The Labute approximate surface area is 338 Å². The summed E-state index contributed by atoms with van der Waals surface area (Å²) in [6.07, 6.45) is 3.17. The summed E-state index contributed by atoms with van der Waals surface area (Å²) in [7, 11) is 0. The van der Waals surface area contributed by atoms with Crippen molar-refractivity contribution in [2.24, 2.45) is 0 Å². The van der Waals surface area contributed by atoms with Crippen molar-refractivity contribution in [1.29, 1.82) is 0 Å². The van der Waals surface area contributed by atoms with Crippen molar-refractivity contribution in [1.82, 2.24) is 10.2 Å². The van der Waals surface area contributed by atoms with Crippen LogP contribution >= 0.6 is 0 Å². The van der Waals surface area contributed by atoms with Crippen LogP contribution in [0.15, 0.2) is 103 Å². The summed E-state index contributed by atoms with van der Waals surface area (Å²) >= 11 is 0. The first-order valence-corrected chi connectivity index (χ1v) is 19.7. The highest BCUT2D eigenvalue weighted by Crippen LogP contribution is 2.47. The molecule has 3 N–H and O–H groups in total. The van der Waals surface area contributed by atoms with Gasteiger partial charge in [-0.2, -0.15) is 0 Å². The van der Waals surface area contributed by atoms with Gasteiger partial charge in [-0.15, -0.1) is 0 Å². The van der Waals surface area contributed by atoms with Crippen LogP contribution in [0, 0.1) is 0 Å². The molecule has 58 heavy (non-hydrogen) atoms. The number of benzene rings is 3. The summed E-state index contributed by atoms with van der Waals surface area (Å²) in [5, 5.41) is 22.0. The fourth-order valence-electron chi connectivity index (χ4n) is 7.51. The minimum Gasteiger partial charge on any atom is -0.499 e. The molecule has 0 aromatic heterocycles. The first-order valence-electron chi connectivity index (χ1n) is 19.7. The SMILES string of the molecule is CC(C)(C)OC(=O)CC[C@@H](CO)NC(=O)[C@H]1CCCN1C(=O)C1=C[C@H]2OC(c3ccccc3)(c3ccccc3)O[C@H]2[C@H](OC(=O)c2ccccc2C=COCCO)C1. The molecule has 2 heterocycles. The molecule has 0 unspecified atom stereocenters. The lowest BCUT2D eigenvalue weighted by molar-refractivity contribution is -0.157. The van der Waals surface area contributed by atoms with Crippen molar-refractivity contribution in [2.45, 2.75) is 94.7 Å². The van der Waals surface area contributed by atoms with Crippen LogP contribution in [0.4, 0.5) is 0 Å². The van der Waals surface area contributed by atoms with E-state index in [1.165, 1.54) is 11.2 Å². The maximum absolute atomic E-state index is 14.5. The number of ether oxygens (including phenoxy) is 5. The Balaban J connectivity index is 1.27. The molecule has 2 fully saturated rings. The molecule has 2 aliphatic heterocycles. The average Bonchev–Trinajstić information content (AvgIpc) is 3.88. The van der Waals surface area contributed by atoms with E-state index < -0.39 is 72.1 Å². The Morgan fingerprint density at radius 1 is 0.948 bits per heavy atom. The number of carbonyl (C=O) groups is 4. The normalized spacial score (nSPS) is 21.8. The summed E-state index contributed by atoms with van der Waals surface area (Å²) in [6.45, 7) is 5.14. The fraction of sp³-hybridized carbons (Fsp3) is 0.422. The molecule has 0 bridgehead atoms. The fourth-order valence-corrected chi connectivity index (χ4v) is 7.51. The van der Waals surface area contributed by atoms with Crippen LogP contribution in [-0.4, -0.2) is 101 Å². The average molecular weight is 797 g/mol. The maximum atomic E-state index is 14.5. The molecule has 3 aromatic carbocycles. The van der Waals surface area contributed by atoms with Crippen LogP contribution in [0.3, 0.4) is 0 Å². The predicted octanol–water partition coefficient (Wildman–Crippen LogP) is 4.80. The molecule has 1 aliphatic carbocycles. The molecule has 13 heteroatoms. The third kappa shape index (κ3) is 10.0. The first-order chi connectivity index (χ1) is 27.9. The minimum atomic E-state index is -1.41. The molecule has 2 amide bonds. The number of likely N-dealkylation sites (tertiary alicyclic amines) is 1. The molecule has 2 saturated heterocycles. The van der Waals surface area contributed by atoms with Gasteiger partial charge in [0.15, 0.2) is 0 Å². The highest BCUT2D eigenvalue weighted by atomic mass is 16.8. The highest BCUT2D eigenvalue weighted by molar-refractivity contribution is 5.98. The second-order valence-electron chi connectivity index (χ2n) is 15.5. The topological polar surface area (TPSA) is 170 Å². The number of nitrogens with zero attached hydrogens (tertiary/aromatic N) is 1. The van der Waals surface area contributed by atoms with E-state index in [9.17, 15) is 24.3 Å². The maximum Gasteiger partial charge on any atom is 0.339 e. The van der Waals surface area contributed by atoms with Gasteiger partial charge in [0.05, 0.1) is 31.1 Å². The molecular formula is C45H52N2O11. The Kier molecular flexibility index (Phi) is 13.8. The van der Waals surface area contributed by atoms with Crippen molar-refractivity contribution in [2.75, 3.05) is 26.4 Å². The molecule has 308 valence electrons. The van der Waals surface area contributed by atoms with Gasteiger partial charge in [0, 0.05) is 36.1 Å². The van der Waals surface area contributed by atoms with Gasteiger partial charge in [-0.25, -0.2) is 4.79 Å². The smallest absolute Gasteiger partial charge is 0.339 e. The molecule has 0 spiro atoms. The number of fused-ring (bicyclic) bond motifs is 1. The molecule has 3 aliphatic rings. The zero-order valence-electron chi connectivity index (χ0n) is 33.1. The molecule has 3 aromatic rings. The quantitative estimate of drug-likeness (QED) is 0.110. The van der Waals surface area contributed by atoms with Gasteiger partial charge in [0.25, 0.3) is 0 Å². The van der Waals surface area contributed by atoms with E-state index in [2.05, 4.69) is 5.32 Å². The van der Waals surface area contributed by atoms with E-state index in [0.717, 1.165) is 0 Å². The van der Waals surface area contributed by atoms with E-state index >= 15 is 0 Å². The Bertz CT molecular complexity index is 1920. The summed E-state index contributed by atoms with van der Waals surface area (Å²) in [4.78, 5) is 56.1. The van der Waals surface area contributed by atoms with E-state index in [0.29, 0.717) is 41.6 Å². The summed E-state index contributed by atoms with van der Waals surface area (Å²) in [5.41, 5.74) is 1.83. The standard InChI is InChI=1S/C45H52N2O11/c1-44(2,3)57-39(50)21-20-34(29-49)46-41(51)36-19-12-23-47(36)42(52)31-27-37(55-43(53)35-18-11-10-13-30(35)22-25-54-26-24-48)40-38(28-31)56-45(58-40,32-14-6-4-7-15-32)33-16-8-5-9-17-33/h4-11,13-18,22,25,28,34,36-38,40,48-49H,12,19-21,23-24,26-27,29H2,1-3H3,(H,46,51)/t34-,36+,37+,38+,40-/m0/s1.